The average Bonchev–Trinajstić information content (AvgIpc) is 2.28. The number of amides is 1. The van der Waals surface area contributed by atoms with E-state index in [0.29, 0.717) is 11.8 Å². The van der Waals surface area contributed by atoms with Crippen molar-refractivity contribution in [1.29, 1.82) is 0 Å². The van der Waals surface area contributed by atoms with Crippen molar-refractivity contribution in [2.45, 2.75) is 32.0 Å². The predicted octanol–water partition coefficient (Wildman–Crippen LogP) is 0.602. The molecule has 0 aromatic carbocycles. The number of hydrogen-bond acceptors (Lipinski definition) is 2. The van der Waals surface area contributed by atoms with Gasteiger partial charge in [-0.25, -0.2) is 0 Å². The van der Waals surface area contributed by atoms with Crippen LogP contribution in [0.5, 0.6) is 0 Å². The van der Waals surface area contributed by atoms with Crippen molar-refractivity contribution in [2.75, 3.05) is 24.4 Å². The predicted molar refractivity (Wildman–Crippen MR) is 58.3 cm³/mol. The van der Waals surface area contributed by atoms with Crippen LogP contribution in [-0.4, -0.2) is 46.9 Å². The SMILES string of the molecule is C[S+]1CC[C@@H]2COC(C)(C)N2C(=O)C1. The van der Waals surface area contributed by atoms with E-state index >= 15 is 0 Å². The molecule has 0 aromatic rings. The molecule has 14 heavy (non-hydrogen) atoms. The van der Waals surface area contributed by atoms with Gasteiger partial charge < -0.3 is 9.64 Å². The Labute approximate surface area is 88.1 Å². The van der Waals surface area contributed by atoms with E-state index in [-0.39, 0.29) is 22.5 Å². The lowest BCUT2D eigenvalue weighted by Crippen LogP contribution is -2.48. The monoisotopic (exact) mass is 216 g/mol. The molecule has 1 unspecified atom stereocenters. The molecule has 4 heteroatoms. The van der Waals surface area contributed by atoms with E-state index in [4.69, 9.17) is 4.74 Å². The molecule has 0 radical (unpaired) electrons. The number of hydrogen-bond donors (Lipinski definition) is 0. The highest BCUT2D eigenvalue weighted by molar-refractivity contribution is 7.96. The van der Waals surface area contributed by atoms with Gasteiger partial charge in [0, 0.05) is 6.42 Å². The number of nitrogens with zero attached hydrogens (tertiary/aromatic N) is 1. The zero-order valence-electron chi connectivity index (χ0n) is 9.08. The average molecular weight is 216 g/mol. The molecular weight excluding hydrogens is 198 g/mol. The highest BCUT2D eigenvalue weighted by Crippen LogP contribution is 2.31. The van der Waals surface area contributed by atoms with Crippen LogP contribution in [0.25, 0.3) is 0 Å². The molecule has 80 valence electrons. The first kappa shape index (κ1) is 10.3. The van der Waals surface area contributed by atoms with Crippen molar-refractivity contribution in [3.63, 3.8) is 0 Å². The Balaban J connectivity index is 2.22. The zero-order chi connectivity index (χ0) is 10.3. The summed E-state index contributed by atoms with van der Waals surface area (Å²) < 4.78 is 5.66. The molecule has 2 atom stereocenters. The molecule has 2 heterocycles. The largest absolute Gasteiger partial charge is 0.354 e. The molecule has 2 aliphatic heterocycles. The summed E-state index contributed by atoms with van der Waals surface area (Å²) in [5.74, 6) is 2.16. The molecular formula is C10H18NO2S+. The molecule has 1 amide bonds. The Morgan fingerprint density at radius 2 is 2.29 bits per heavy atom. The van der Waals surface area contributed by atoms with Gasteiger partial charge in [-0.3, -0.25) is 4.79 Å². The standard InChI is InChI=1S/C10H18NO2S/c1-10(2)11-8(6-13-10)4-5-14(3)7-9(11)12/h8H,4-7H2,1-3H3/q+1/t8-,14?/m1/s1. The van der Waals surface area contributed by atoms with Crippen molar-refractivity contribution in [1.82, 2.24) is 4.90 Å². The van der Waals surface area contributed by atoms with Crippen LogP contribution in [0.2, 0.25) is 0 Å². The zero-order valence-corrected chi connectivity index (χ0v) is 9.89. The van der Waals surface area contributed by atoms with E-state index in [1.807, 2.05) is 18.7 Å². The topological polar surface area (TPSA) is 29.5 Å². The maximum atomic E-state index is 12.0. The van der Waals surface area contributed by atoms with E-state index in [0.717, 1.165) is 13.0 Å². The summed E-state index contributed by atoms with van der Waals surface area (Å²) in [6, 6.07) is 0.329. The summed E-state index contributed by atoms with van der Waals surface area (Å²) in [7, 11) is 0.273. The van der Waals surface area contributed by atoms with E-state index in [2.05, 4.69) is 6.26 Å². The second-order valence-corrected chi connectivity index (χ2v) is 6.85. The fourth-order valence-electron chi connectivity index (χ4n) is 2.29. The van der Waals surface area contributed by atoms with Gasteiger partial charge >= 0.3 is 0 Å². The van der Waals surface area contributed by atoms with Crippen molar-refractivity contribution in [3.8, 4) is 0 Å². The van der Waals surface area contributed by atoms with Gasteiger partial charge in [-0.1, -0.05) is 0 Å². The van der Waals surface area contributed by atoms with E-state index in [9.17, 15) is 4.79 Å². The lowest BCUT2D eigenvalue weighted by molar-refractivity contribution is -0.142. The van der Waals surface area contributed by atoms with Gasteiger partial charge in [0.05, 0.1) is 18.9 Å². The molecule has 0 saturated carbocycles. The Hall–Kier alpha value is -0.220. The number of rotatable bonds is 0. The third-order valence-corrected chi connectivity index (χ3v) is 4.68. The molecule has 0 bridgehead atoms. The Morgan fingerprint density at radius 1 is 1.57 bits per heavy atom. The summed E-state index contributed by atoms with van der Waals surface area (Å²) in [5, 5.41) is 0. The van der Waals surface area contributed by atoms with Crippen LogP contribution in [0.15, 0.2) is 0 Å². The van der Waals surface area contributed by atoms with Gasteiger partial charge in [0.2, 0.25) is 0 Å². The van der Waals surface area contributed by atoms with E-state index in [1.165, 1.54) is 5.75 Å². The number of carbonyl (C=O) groups is 1. The molecule has 0 aromatic heterocycles. The quantitative estimate of drug-likeness (QED) is 0.555. The first-order valence-corrected chi connectivity index (χ1v) is 7.03. The molecule has 3 nitrogen and oxygen atoms in total. The van der Waals surface area contributed by atoms with Crippen molar-refractivity contribution in [2.24, 2.45) is 0 Å². The molecule has 2 saturated heterocycles. The van der Waals surface area contributed by atoms with Crippen LogP contribution in [0.1, 0.15) is 20.3 Å². The maximum absolute atomic E-state index is 12.0. The highest BCUT2D eigenvalue weighted by atomic mass is 32.2. The Kier molecular flexibility index (Phi) is 2.52. The Bertz CT molecular complexity index is 255. The van der Waals surface area contributed by atoms with Crippen LogP contribution in [0.4, 0.5) is 0 Å². The number of fused-ring (bicyclic) bond motifs is 1. The summed E-state index contributed by atoms with van der Waals surface area (Å²) in [5.41, 5.74) is -0.379. The minimum Gasteiger partial charge on any atom is -0.354 e. The van der Waals surface area contributed by atoms with Crippen LogP contribution >= 0.6 is 0 Å². The van der Waals surface area contributed by atoms with Gasteiger partial charge in [-0.15, -0.1) is 0 Å². The Morgan fingerprint density at radius 3 is 3.00 bits per heavy atom. The van der Waals surface area contributed by atoms with E-state index < -0.39 is 0 Å². The van der Waals surface area contributed by atoms with Gasteiger partial charge in [0.15, 0.2) is 5.75 Å². The minimum absolute atomic E-state index is 0.273. The molecule has 0 aliphatic carbocycles. The summed E-state index contributed by atoms with van der Waals surface area (Å²) in [6.45, 7) is 4.70. The fourth-order valence-corrected chi connectivity index (χ4v) is 3.67. The fraction of sp³-hybridized carbons (Fsp3) is 0.900. The van der Waals surface area contributed by atoms with Gasteiger partial charge in [0.1, 0.15) is 11.5 Å². The third kappa shape index (κ3) is 1.65. The van der Waals surface area contributed by atoms with Gasteiger partial charge in [-0.05, 0) is 24.7 Å². The molecule has 2 aliphatic rings. The minimum atomic E-state index is -0.379. The summed E-state index contributed by atoms with van der Waals surface area (Å²) in [4.78, 5) is 13.9. The summed E-state index contributed by atoms with van der Waals surface area (Å²) >= 11 is 0. The van der Waals surface area contributed by atoms with Crippen LogP contribution in [0.3, 0.4) is 0 Å². The molecule has 0 spiro atoms. The smallest absolute Gasteiger partial charge is 0.275 e. The number of ether oxygens (including phenoxy) is 1. The second kappa shape index (κ2) is 3.42. The van der Waals surface area contributed by atoms with Gasteiger partial charge in [0.25, 0.3) is 5.91 Å². The maximum Gasteiger partial charge on any atom is 0.275 e. The van der Waals surface area contributed by atoms with Crippen LogP contribution in [0, 0.1) is 0 Å². The molecule has 2 fully saturated rings. The summed E-state index contributed by atoms with van der Waals surface area (Å²) in [6.07, 6.45) is 3.29. The van der Waals surface area contributed by atoms with Crippen molar-refractivity contribution < 1.29 is 9.53 Å². The first-order valence-electron chi connectivity index (χ1n) is 5.06. The number of carbonyl (C=O) groups excluding carboxylic acids is 1. The van der Waals surface area contributed by atoms with E-state index in [1.54, 1.807) is 0 Å². The first-order chi connectivity index (χ1) is 6.50. The van der Waals surface area contributed by atoms with Crippen LogP contribution < -0.4 is 0 Å². The van der Waals surface area contributed by atoms with Crippen molar-refractivity contribution >= 4 is 16.8 Å². The normalized spacial score (nSPS) is 36.8. The highest BCUT2D eigenvalue weighted by Gasteiger charge is 2.47. The molecule has 2 rings (SSSR count). The third-order valence-electron chi connectivity index (χ3n) is 3.01. The molecule has 0 N–H and O–H groups in total. The second-order valence-electron chi connectivity index (χ2n) is 4.59. The lowest BCUT2D eigenvalue weighted by Gasteiger charge is -2.31. The van der Waals surface area contributed by atoms with Gasteiger partial charge in [-0.2, -0.15) is 0 Å². The lowest BCUT2D eigenvalue weighted by atomic mass is 10.1. The van der Waals surface area contributed by atoms with Crippen molar-refractivity contribution in [3.05, 3.63) is 0 Å². The van der Waals surface area contributed by atoms with Crippen LogP contribution in [-0.2, 0) is 20.4 Å².